The minimum Gasteiger partial charge on any atom is -0.487 e. The third-order valence-corrected chi connectivity index (χ3v) is 5.54. The molecule has 0 bridgehead atoms. The van der Waals surface area contributed by atoms with Crippen molar-refractivity contribution in [2.45, 2.75) is 32.8 Å². The molecule has 3 heterocycles. The van der Waals surface area contributed by atoms with Crippen LogP contribution in [0.4, 0.5) is 5.69 Å². The highest BCUT2D eigenvalue weighted by atomic mass is 16.5. The number of benzene rings is 2. The molecule has 0 atom stereocenters. The molecule has 0 spiro atoms. The van der Waals surface area contributed by atoms with Crippen molar-refractivity contribution in [1.82, 2.24) is 25.6 Å². The van der Waals surface area contributed by atoms with E-state index in [0.717, 1.165) is 70.9 Å². The Kier molecular flexibility index (Phi) is 5.31. The molecule has 0 fully saturated rings. The molecular formula is C24H24N6O. The van der Waals surface area contributed by atoms with Crippen molar-refractivity contribution in [2.75, 3.05) is 11.9 Å². The minimum absolute atomic E-state index is 0.508. The number of hydrogen-bond donors (Lipinski definition) is 2. The third kappa shape index (κ3) is 3.99. The van der Waals surface area contributed by atoms with Crippen LogP contribution in [0.15, 0.2) is 54.6 Å². The lowest BCUT2D eigenvalue weighted by Gasteiger charge is -2.21. The molecule has 31 heavy (non-hydrogen) atoms. The van der Waals surface area contributed by atoms with Gasteiger partial charge in [0.05, 0.1) is 11.4 Å². The van der Waals surface area contributed by atoms with Crippen LogP contribution in [0.25, 0.3) is 22.5 Å². The molecule has 1 aliphatic rings. The van der Waals surface area contributed by atoms with Gasteiger partial charge in [0.1, 0.15) is 12.4 Å². The second-order valence-electron chi connectivity index (χ2n) is 7.58. The Bertz CT molecular complexity index is 1170. The number of aryl methyl sites for hydroxylation is 2. The number of aromatic amines is 1. The molecule has 4 aromatic rings. The second kappa shape index (κ2) is 8.55. The van der Waals surface area contributed by atoms with Gasteiger partial charge in [0, 0.05) is 23.9 Å². The Balaban J connectivity index is 1.36. The van der Waals surface area contributed by atoms with Crippen molar-refractivity contribution in [1.29, 1.82) is 0 Å². The molecule has 1 aliphatic heterocycles. The van der Waals surface area contributed by atoms with Crippen LogP contribution in [0.1, 0.15) is 30.3 Å². The first-order valence-electron chi connectivity index (χ1n) is 10.6. The van der Waals surface area contributed by atoms with Crippen LogP contribution < -0.4 is 10.1 Å². The normalized spacial score (nSPS) is 12.8. The lowest BCUT2D eigenvalue weighted by Crippen LogP contribution is -2.15. The van der Waals surface area contributed by atoms with Gasteiger partial charge < -0.3 is 10.1 Å². The smallest absolute Gasteiger partial charge is 0.205 e. The lowest BCUT2D eigenvalue weighted by molar-refractivity contribution is 0.306. The van der Waals surface area contributed by atoms with Gasteiger partial charge >= 0.3 is 0 Å². The number of tetrazole rings is 1. The first-order valence-corrected chi connectivity index (χ1v) is 10.6. The van der Waals surface area contributed by atoms with Gasteiger partial charge in [0.15, 0.2) is 0 Å². The van der Waals surface area contributed by atoms with Crippen LogP contribution in [0, 0.1) is 0 Å². The molecule has 2 N–H and O–H groups in total. The molecule has 2 aromatic heterocycles. The third-order valence-electron chi connectivity index (χ3n) is 5.54. The van der Waals surface area contributed by atoms with Crippen molar-refractivity contribution in [3.8, 4) is 28.3 Å². The summed E-state index contributed by atoms with van der Waals surface area (Å²) in [5, 5.41) is 17.9. The summed E-state index contributed by atoms with van der Waals surface area (Å²) >= 11 is 0. The number of fused-ring (bicyclic) bond motifs is 1. The maximum absolute atomic E-state index is 6.23. The van der Waals surface area contributed by atoms with Crippen LogP contribution in [0.2, 0.25) is 0 Å². The highest BCUT2D eigenvalue weighted by Crippen LogP contribution is 2.33. The summed E-state index contributed by atoms with van der Waals surface area (Å²) in [6.45, 7) is 3.60. The van der Waals surface area contributed by atoms with Gasteiger partial charge in [-0.05, 0) is 41.2 Å². The van der Waals surface area contributed by atoms with Gasteiger partial charge in [-0.3, -0.25) is 4.98 Å². The van der Waals surface area contributed by atoms with Crippen molar-refractivity contribution in [3.63, 3.8) is 0 Å². The van der Waals surface area contributed by atoms with Gasteiger partial charge in [0.25, 0.3) is 0 Å². The summed E-state index contributed by atoms with van der Waals surface area (Å²) in [5.74, 6) is 1.48. The standard InChI is InChI=1S/C24H24N6O/c1-2-18-14-22(23-21(26-18)8-5-13-25-23)31-15-16-9-11-17(12-10-16)19-6-3-4-7-20(19)24-27-29-30-28-24/h3-4,6-7,9-12,14,25H,2,5,8,13,15H2,1H3,(H,27,28,29,30). The molecule has 5 rings (SSSR count). The fraction of sp³-hybridized carbons (Fsp3) is 0.250. The number of ether oxygens (including phenoxy) is 1. The van der Waals surface area contributed by atoms with E-state index >= 15 is 0 Å². The molecule has 0 amide bonds. The van der Waals surface area contributed by atoms with Gasteiger partial charge in [-0.1, -0.05) is 55.5 Å². The van der Waals surface area contributed by atoms with Crippen LogP contribution in [-0.2, 0) is 19.4 Å². The van der Waals surface area contributed by atoms with E-state index in [0.29, 0.717) is 12.4 Å². The summed E-state index contributed by atoms with van der Waals surface area (Å²) < 4.78 is 6.23. The number of rotatable bonds is 6. The average Bonchev–Trinajstić information content (AvgIpc) is 3.37. The molecule has 156 valence electrons. The largest absolute Gasteiger partial charge is 0.487 e. The summed E-state index contributed by atoms with van der Waals surface area (Å²) in [7, 11) is 0. The number of pyridine rings is 1. The van der Waals surface area contributed by atoms with E-state index in [1.54, 1.807) is 0 Å². The number of anilines is 1. The minimum atomic E-state index is 0.508. The fourth-order valence-electron chi connectivity index (χ4n) is 3.91. The zero-order valence-electron chi connectivity index (χ0n) is 17.4. The average molecular weight is 412 g/mol. The number of nitrogens with one attached hydrogen (secondary N) is 2. The zero-order chi connectivity index (χ0) is 21.0. The maximum Gasteiger partial charge on any atom is 0.205 e. The monoisotopic (exact) mass is 412 g/mol. The number of hydrogen-bond acceptors (Lipinski definition) is 6. The van der Waals surface area contributed by atoms with Crippen LogP contribution in [0.3, 0.4) is 0 Å². The molecule has 2 aromatic carbocycles. The molecule has 0 saturated carbocycles. The van der Waals surface area contributed by atoms with Gasteiger partial charge in [-0.15, -0.1) is 10.2 Å². The van der Waals surface area contributed by atoms with Crippen molar-refractivity contribution >= 4 is 5.69 Å². The Labute approximate surface area is 180 Å². The highest BCUT2D eigenvalue weighted by Gasteiger charge is 2.17. The first kappa shape index (κ1) is 19.2. The van der Waals surface area contributed by atoms with E-state index in [1.807, 2.05) is 18.2 Å². The molecule has 0 aliphatic carbocycles. The zero-order valence-corrected chi connectivity index (χ0v) is 17.4. The second-order valence-corrected chi connectivity index (χ2v) is 7.58. The molecule has 7 nitrogen and oxygen atoms in total. The van der Waals surface area contributed by atoms with Crippen molar-refractivity contribution in [2.24, 2.45) is 0 Å². The fourth-order valence-corrected chi connectivity index (χ4v) is 3.91. The lowest BCUT2D eigenvalue weighted by atomic mass is 9.98. The van der Waals surface area contributed by atoms with E-state index in [-0.39, 0.29) is 0 Å². The molecule has 0 radical (unpaired) electrons. The summed E-state index contributed by atoms with van der Waals surface area (Å²) in [5.41, 5.74) is 7.47. The quantitative estimate of drug-likeness (QED) is 0.487. The Morgan fingerprint density at radius 3 is 2.65 bits per heavy atom. The SMILES string of the molecule is CCc1cc(OCc2ccc(-c3ccccc3-c3nn[nH]n3)cc2)c2c(n1)CCCN2. The highest BCUT2D eigenvalue weighted by molar-refractivity contribution is 5.80. The van der Waals surface area contributed by atoms with E-state index in [1.165, 1.54) is 0 Å². The van der Waals surface area contributed by atoms with Crippen LogP contribution in [-0.4, -0.2) is 32.2 Å². The molecule has 0 unspecified atom stereocenters. The van der Waals surface area contributed by atoms with Crippen molar-refractivity contribution in [3.05, 3.63) is 71.5 Å². The predicted molar refractivity (Wildman–Crippen MR) is 120 cm³/mol. The van der Waals surface area contributed by atoms with E-state index in [9.17, 15) is 0 Å². The number of aromatic nitrogens is 5. The van der Waals surface area contributed by atoms with E-state index in [4.69, 9.17) is 9.72 Å². The topological polar surface area (TPSA) is 88.6 Å². The Morgan fingerprint density at radius 1 is 1.03 bits per heavy atom. The molecule has 0 saturated heterocycles. The van der Waals surface area contributed by atoms with Gasteiger partial charge in [-0.25, -0.2) is 0 Å². The van der Waals surface area contributed by atoms with Crippen LogP contribution in [0.5, 0.6) is 5.75 Å². The van der Waals surface area contributed by atoms with E-state index < -0.39 is 0 Å². The van der Waals surface area contributed by atoms with Crippen molar-refractivity contribution < 1.29 is 4.74 Å². The summed E-state index contributed by atoms with van der Waals surface area (Å²) in [6, 6.07) is 18.5. The summed E-state index contributed by atoms with van der Waals surface area (Å²) in [4.78, 5) is 4.76. The predicted octanol–water partition coefficient (Wildman–Crippen LogP) is 4.43. The Hall–Kier alpha value is -3.74. The molecule has 7 heteroatoms. The Morgan fingerprint density at radius 2 is 1.87 bits per heavy atom. The van der Waals surface area contributed by atoms with Crippen LogP contribution >= 0.6 is 0 Å². The number of nitrogens with zero attached hydrogens (tertiary/aromatic N) is 4. The summed E-state index contributed by atoms with van der Waals surface area (Å²) in [6.07, 6.45) is 3.01. The van der Waals surface area contributed by atoms with Gasteiger partial charge in [0.2, 0.25) is 5.82 Å². The number of H-pyrrole nitrogens is 1. The first-order chi connectivity index (χ1) is 15.3. The van der Waals surface area contributed by atoms with E-state index in [2.05, 4.69) is 69.3 Å². The maximum atomic E-state index is 6.23. The molecular weight excluding hydrogens is 388 g/mol. The van der Waals surface area contributed by atoms with Gasteiger partial charge in [-0.2, -0.15) is 5.21 Å².